The molecule has 0 aliphatic heterocycles. The zero-order chi connectivity index (χ0) is 23.7. The molecule has 2 aromatic rings. The van der Waals surface area contributed by atoms with E-state index in [1.54, 1.807) is 6.07 Å². The third-order valence-corrected chi connectivity index (χ3v) is 5.69. The lowest BCUT2D eigenvalue weighted by atomic mass is 10.2. The standard InChI is InChI=1S/C20H25N5O6S/c1-2-17(24-20(21)22)31-14-10-8-13(9-11-14)18(26)23-12-16(19(27)28)25-32(29,30)15-6-4-3-5-7-15/h3-11,16-17,25H,2,12H2,1H3,(H,23,26)(H,27,28)(H4,21,22,24). The highest BCUT2D eigenvalue weighted by molar-refractivity contribution is 7.89. The molecule has 0 bridgehead atoms. The summed E-state index contributed by atoms with van der Waals surface area (Å²) in [7, 11) is -4.07. The second-order valence-corrected chi connectivity index (χ2v) is 8.35. The lowest BCUT2D eigenvalue weighted by molar-refractivity contribution is -0.138. The molecule has 2 unspecified atom stereocenters. The van der Waals surface area contributed by atoms with Crippen molar-refractivity contribution in [2.24, 2.45) is 5.73 Å². The topological polar surface area (TPSA) is 184 Å². The molecule has 1 amide bonds. The summed E-state index contributed by atoms with van der Waals surface area (Å²) in [6, 6.07) is 11.8. The second kappa shape index (κ2) is 11.1. The van der Waals surface area contributed by atoms with Gasteiger partial charge >= 0.3 is 5.97 Å². The van der Waals surface area contributed by atoms with Gasteiger partial charge in [0, 0.05) is 18.5 Å². The van der Waals surface area contributed by atoms with Crippen LogP contribution in [0.4, 0.5) is 0 Å². The number of ether oxygens (including phenoxy) is 1. The number of guanidine groups is 1. The van der Waals surface area contributed by atoms with E-state index in [0.29, 0.717) is 12.2 Å². The van der Waals surface area contributed by atoms with E-state index in [2.05, 4.69) is 15.4 Å². The number of carboxylic acid groups (broad SMARTS) is 1. The van der Waals surface area contributed by atoms with Gasteiger partial charge in [0.1, 0.15) is 11.8 Å². The van der Waals surface area contributed by atoms with Crippen LogP contribution in [0.25, 0.3) is 0 Å². The van der Waals surface area contributed by atoms with Gasteiger partial charge in [-0.2, -0.15) is 4.72 Å². The monoisotopic (exact) mass is 463 g/mol. The Balaban J connectivity index is 1.98. The van der Waals surface area contributed by atoms with Crippen molar-refractivity contribution in [1.29, 1.82) is 5.41 Å². The van der Waals surface area contributed by atoms with E-state index in [4.69, 9.17) is 15.9 Å². The lowest BCUT2D eigenvalue weighted by Crippen LogP contribution is -2.48. The number of hydrogen-bond donors (Lipinski definition) is 6. The summed E-state index contributed by atoms with van der Waals surface area (Å²) in [6.45, 7) is 1.38. The fraction of sp³-hybridized carbons (Fsp3) is 0.250. The summed E-state index contributed by atoms with van der Waals surface area (Å²) >= 11 is 0. The van der Waals surface area contributed by atoms with Crippen molar-refractivity contribution in [2.75, 3.05) is 6.54 Å². The number of aliphatic carboxylic acids is 1. The van der Waals surface area contributed by atoms with Crippen LogP contribution in [0.3, 0.4) is 0 Å². The number of amides is 1. The van der Waals surface area contributed by atoms with Crippen LogP contribution in [0.5, 0.6) is 5.75 Å². The molecular formula is C20H25N5O6S. The molecule has 0 saturated heterocycles. The van der Waals surface area contributed by atoms with Crippen LogP contribution in [-0.2, 0) is 14.8 Å². The fourth-order valence-corrected chi connectivity index (χ4v) is 3.78. The minimum Gasteiger partial charge on any atom is -0.480 e. The van der Waals surface area contributed by atoms with Crippen molar-refractivity contribution in [2.45, 2.75) is 30.5 Å². The average Bonchev–Trinajstić information content (AvgIpc) is 2.76. The summed E-state index contributed by atoms with van der Waals surface area (Å²) in [5.74, 6) is -1.82. The molecule has 2 atom stereocenters. The maximum Gasteiger partial charge on any atom is 0.323 e. The largest absolute Gasteiger partial charge is 0.480 e. The Kier molecular flexibility index (Phi) is 8.55. The number of benzene rings is 2. The van der Waals surface area contributed by atoms with E-state index in [0.717, 1.165) is 0 Å². The van der Waals surface area contributed by atoms with Gasteiger partial charge in [0.05, 0.1) is 4.90 Å². The molecule has 0 radical (unpaired) electrons. The smallest absolute Gasteiger partial charge is 0.323 e. The van der Waals surface area contributed by atoms with Gasteiger partial charge < -0.3 is 26.2 Å². The van der Waals surface area contributed by atoms with Crippen LogP contribution in [0, 0.1) is 5.41 Å². The quantitative estimate of drug-likeness (QED) is 0.158. The normalized spacial score (nSPS) is 12.9. The molecule has 11 nitrogen and oxygen atoms in total. The van der Waals surface area contributed by atoms with Crippen molar-refractivity contribution in [3.8, 4) is 5.75 Å². The first kappa shape index (κ1) is 24.6. The van der Waals surface area contributed by atoms with E-state index in [1.165, 1.54) is 48.5 Å². The number of sulfonamides is 1. The lowest BCUT2D eigenvalue weighted by Gasteiger charge is -2.19. The first-order valence-corrected chi connectivity index (χ1v) is 11.1. The van der Waals surface area contributed by atoms with E-state index in [-0.39, 0.29) is 16.4 Å². The number of carboxylic acids is 1. The van der Waals surface area contributed by atoms with E-state index < -0.39 is 40.7 Å². The van der Waals surface area contributed by atoms with Crippen LogP contribution >= 0.6 is 0 Å². The Morgan fingerprint density at radius 3 is 2.28 bits per heavy atom. The van der Waals surface area contributed by atoms with Gasteiger partial charge in [0.15, 0.2) is 12.2 Å². The molecule has 2 rings (SSSR count). The summed E-state index contributed by atoms with van der Waals surface area (Å²) in [6.07, 6.45) is 0.0261. The summed E-state index contributed by atoms with van der Waals surface area (Å²) in [4.78, 5) is 23.8. The number of carbonyl (C=O) groups is 2. The predicted octanol–water partition coefficient (Wildman–Crippen LogP) is 0.446. The van der Waals surface area contributed by atoms with Gasteiger partial charge in [-0.3, -0.25) is 15.0 Å². The SMILES string of the molecule is CCC(NC(=N)N)Oc1ccc(C(=O)NCC(NS(=O)(=O)c2ccccc2)C(=O)O)cc1. The van der Waals surface area contributed by atoms with Crippen molar-refractivity contribution in [1.82, 2.24) is 15.4 Å². The van der Waals surface area contributed by atoms with Gasteiger partial charge in [-0.25, -0.2) is 8.42 Å². The fourth-order valence-electron chi connectivity index (χ4n) is 2.57. The maximum absolute atomic E-state index is 12.4. The summed E-state index contributed by atoms with van der Waals surface area (Å²) < 4.78 is 32.4. The number of carbonyl (C=O) groups excluding carboxylic acids is 1. The van der Waals surface area contributed by atoms with Gasteiger partial charge in [0.2, 0.25) is 10.0 Å². The Morgan fingerprint density at radius 2 is 1.75 bits per heavy atom. The molecule has 0 aromatic heterocycles. The zero-order valence-electron chi connectivity index (χ0n) is 17.2. The minimum atomic E-state index is -4.07. The van der Waals surface area contributed by atoms with Crippen molar-refractivity contribution < 1.29 is 27.9 Å². The molecular weight excluding hydrogens is 438 g/mol. The first-order valence-electron chi connectivity index (χ1n) is 9.58. The third kappa shape index (κ3) is 7.25. The molecule has 172 valence electrons. The molecule has 0 aliphatic rings. The maximum atomic E-state index is 12.4. The van der Waals surface area contributed by atoms with Crippen molar-refractivity contribution in [3.05, 3.63) is 60.2 Å². The average molecular weight is 464 g/mol. The van der Waals surface area contributed by atoms with Gasteiger partial charge in [0.25, 0.3) is 5.91 Å². The minimum absolute atomic E-state index is 0.0854. The van der Waals surface area contributed by atoms with Crippen molar-refractivity contribution in [3.63, 3.8) is 0 Å². The highest BCUT2D eigenvalue weighted by Crippen LogP contribution is 2.14. The number of nitrogens with two attached hydrogens (primary N) is 1. The van der Waals surface area contributed by atoms with Crippen LogP contribution in [0.1, 0.15) is 23.7 Å². The summed E-state index contributed by atoms with van der Waals surface area (Å²) in [5.41, 5.74) is 5.51. The molecule has 0 fully saturated rings. The second-order valence-electron chi connectivity index (χ2n) is 6.63. The highest BCUT2D eigenvalue weighted by atomic mass is 32.2. The van der Waals surface area contributed by atoms with Gasteiger partial charge in [-0.15, -0.1) is 0 Å². The summed E-state index contributed by atoms with van der Waals surface area (Å²) in [5, 5.41) is 21.6. The van der Waals surface area contributed by atoms with Gasteiger partial charge in [-0.05, 0) is 36.4 Å². The zero-order valence-corrected chi connectivity index (χ0v) is 18.1. The Morgan fingerprint density at radius 1 is 1.12 bits per heavy atom. The number of nitrogens with one attached hydrogen (secondary N) is 4. The predicted molar refractivity (Wildman–Crippen MR) is 117 cm³/mol. The van der Waals surface area contributed by atoms with Crippen LogP contribution in [0.2, 0.25) is 0 Å². The number of rotatable bonds is 11. The molecule has 2 aromatic carbocycles. The highest BCUT2D eigenvalue weighted by Gasteiger charge is 2.26. The Bertz CT molecular complexity index is 1040. The molecule has 7 N–H and O–H groups in total. The molecule has 0 heterocycles. The molecule has 0 saturated carbocycles. The van der Waals surface area contributed by atoms with E-state index >= 15 is 0 Å². The Hall–Kier alpha value is -3.64. The van der Waals surface area contributed by atoms with E-state index in [1.807, 2.05) is 6.92 Å². The first-order chi connectivity index (χ1) is 15.1. The van der Waals surface area contributed by atoms with Gasteiger partial charge in [-0.1, -0.05) is 25.1 Å². The number of hydrogen-bond acceptors (Lipinski definition) is 6. The molecule has 0 spiro atoms. The van der Waals surface area contributed by atoms with Crippen LogP contribution < -0.4 is 25.8 Å². The molecule has 12 heteroatoms. The third-order valence-electron chi connectivity index (χ3n) is 4.20. The van der Waals surface area contributed by atoms with E-state index in [9.17, 15) is 23.1 Å². The molecule has 32 heavy (non-hydrogen) atoms. The van der Waals surface area contributed by atoms with Crippen molar-refractivity contribution >= 4 is 27.9 Å². The van der Waals surface area contributed by atoms with Crippen LogP contribution in [-0.4, -0.2) is 50.2 Å². The Labute approximate surface area is 185 Å². The molecule has 0 aliphatic carbocycles. The van der Waals surface area contributed by atoms with Crippen LogP contribution in [0.15, 0.2) is 59.5 Å².